The Morgan fingerprint density at radius 3 is 2.54 bits per heavy atom. The van der Waals surface area contributed by atoms with E-state index in [0.717, 1.165) is 5.56 Å². The van der Waals surface area contributed by atoms with Gasteiger partial charge in [0.05, 0.1) is 17.8 Å². The van der Waals surface area contributed by atoms with Gasteiger partial charge in [0.25, 0.3) is 5.91 Å². The van der Waals surface area contributed by atoms with Gasteiger partial charge < -0.3 is 5.32 Å². The lowest BCUT2D eigenvalue weighted by Crippen LogP contribution is -2.13. The predicted octanol–water partition coefficient (Wildman–Crippen LogP) is 3.53. The first-order valence-electron chi connectivity index (χ1n) is 7.22. The van der Waals surface area contributed by atoms with E-state index in [4.69, 9.17) is 23.2 Å². The van der Waals surface area contributed by atoms with Crippen molar-refractivity contribution >= 4 is 34.9 Å². The Morgan fingerprint density at radius 2 is 1.92 bits per heavy atom. The zero-order valence-corrected chi connectivity index (χ0v) is 14.6. The summed E-state index contributed by atoms with van der Waals surface area (Å²) in [6, 6.07) is 7.06. The topological polar surface area (TPSA) is 64.7 Å². The quantitative estimate of drug-likeness (QED) is 0.770. The average molecular weight is 364 g/mol. The van der Waals surface area contributed by atoms with Crippen LogP contribution in [0.5, 0.6) is 0 Å². The third kappa shape index (κ3) is 3.44. The van der Waals surface area contributed by atoms with Crippen LogP contribution >= 0.6 is 23.2 Å². The van der Waals surface area contributed by atoms with Crippen LogP contribution in [0.2, 0.25) is 10.0 Å². The standard InChI is InChI=1S/C16H15Cl2N5O/c1-10-11(8-22(2)20-10)16(24)19-15-6-7-23(21-15)9-12-13(17)4-3-5-14(12)18/h3-8H,9H2,1-2H3,(H,19,21,24). The van der Waals surface area contributed by atoms with Crippen LogP contribution in [0.4, 0.5) is 5.82 Å². The fourth-order valence-corrected chi connectivity index (χ4v) is 2.88. The predicted molar refractivity (Wildman–Crippen MR) is 93.7 cm³/mol. The number of aryl methyl sites for hydroxylation is 2. The molecule has 8 heteroatoms. The maximum Gasteiger partial charge on any atom is 0.260 e. The highest BCUT2D eigenvalue weighted by Crippen LogP contribution is 2.25. The molecular weight excluding hydrogens is 349 g/mol. The van der Waals surface area contributed by atoms with Crippen LogP contribution in [0.25, 0.3) is 0 Å². The second kappa shape index (κ2) is 6.67. The fraction of sp³-hybridized carbons (Fsp3) is 0.188. The van der Waals surface area contributed by atoms with Crippen molar-refractivity contribution in [3.05, 3.63) is 63.5 Å². The molecule has 1 N–H and O–H groups in total. The van der Waals surface area contributed by atoms with Gasteiger partial charge in [-0.15, -0.1) is 0 Å². The number of benzene rings is 1. The molecule has 0 fully saturated rings. The van der Waals surface area contributed by atoms with E-state index in [2.05, 4.69) is 15.5 Å². The van der Waals surface area contributed by atoms with Crippen LogP contribution < -0.4 is 5.32 Å². The molecule has 6 nitrogen and oxygen atoms in total. The number of halogens is 2. The summed E-state index contributed by atoms with van der Waals surface area (Å²) in [6.45, 7) is 2.20. The molecule has 0 spiro atoms. The van der Waals surface area contributed by atoms with Gasteiger partial charge in [-0.05, 0) is 19.1 Å². The van der Waals surface area contributed by atoms with Gasteiger partial charge >= 0.3 is 0 Å². The van der Waals surface area contributed by atoms with Crippen LogP contribution in [0.3, 0.4) is 0 Å². The summed E-state index contributed by atoms with van der Waals surface area (Å²) < 4.78 is 3.26. The molecule has 2 aromatic heterocycles. The summed E-state index contributed by atoms with van der Waals surface area (Å²) >= 11 is 12.3. The van der Waals surface area contributed by atoms with Gasteiger partial charge in [-0.2, -0.15) is 10.2 Å². The molecule has 0 aliphatic rings. The number of carbonyl (C=O) groups excluding carboxylic acids is 1. The van der Waals surface area contributed by atoms with Gasteiger partial charge in [-0.1, -0.05) is 29.3 Å². The Labute approximate surface area is 149 Å². The summed E-state index contributed by atoms with van der Waals surface area (Å²) in [5, 5.41) is 12.4. The Balaban J connectivity index is 1.74. The molecule has 124 valence electrons. The van der Waals surface area contributed by atoms with E-state index in [1.165, 1.54) is 0 Å². The first-order valence-corrected chi connectivity index (χ1v) is 7.97. The fourth-order valence-electron chi connectivity index (χ4n) is 2.37. The largest absolute Gasteiger partial charge is 0.305 e. The summed E-state index contributed by atoms with van der Waals surface area (Å²) in [4.78, 5) is 12.3. The van der Waals surface area contributed by atoms with E-state index >= 15 is 0 Å². The molecule has 0 saturated carbocycles. The molecule has 0 bridgehead atoms. The van der Waals surface area contributed by atoms with Crippen LogP contribution in [-0.4, -0.2) is 25.5 Å². The van der Waals surface area contributed by atoms with Crippen molar-refractivity contribution in [2.45, 2.75) is 13.5 Å². The van der Waals surface area contributed by atoms with E-state index < -0.39 is 0 Å². The highest BCUT2D eigenvalue weighted by Gasteiger charge is 2.14. The van der Waals surface area contributed by atoms with E-state index in [9.17, 15) is 4.79 Å². The van der Waals surface area contributed by atoms with Gasteiger partial charge in [-0.25, -0.2) is 0 Å². The molecule has 0 aliphatic heterocycles. The van der Waals surface area contributed by atoms with Crippen molar-refractivity contribution < 1.29 is 4.79 Å². The minimum absolute atomic E-state index is 0.248. The Bertz CT molecular complexity index is 880. The van der Waals surface area contributed by atoms with E-state index in [1.807, 2.05) is 0 Å². The summed E-state index contributed by atoms with van der Waals surface area (Å²) in [6.07, 6.45) is 3.43. The summed E-state index contributed by atoms with van der Waals surface area (Å²) in [5.41, 5.74) is 1.96. The number of hydrogen-bond donors (Lipinski definition) is 1. The molecule has 0 atom stereocenters. The Kier molecular flexibility index (Phi) is 4.59. The van der Waals surface area contributed by atoms with E-state index in [0.29, 0.717) is 33.7 Å². The summed E-state index contributed by atoms with van der Waals surface area (Å²) in [5.74, 6) is 0.202. The van der Waals surface area contributed by atoms with E-state index in [1.54, 1.807) is 60.0 Å². The van der Waals surface area contributed by atoms with Gasteiger partial charge in [0.2, 0.25) is 0 Å². The van der Waals surface area contributed by atoms with Crippen molar-refractivity contribution in [2.24, 2.45) is 7.05 Å². The zero-order chi connectivity index (χ0) is 17.3. The van der Waals surface area contributed by atoms with Gasteiger partial charge in [-0.3, -0.25) is 14.2 Å². The Hall–Kier alpha value is -2.31. The van der Waals surface area contributed by atoms with Crippen molar-refractivity contribution in [3.63, 3.8) is 0 Å². The maximum atomic E-state index is 12.3. The lowest BCUT2D eigenvalue weighted by atomic mass is 10.2. The molecular formula is C16H15Cl2N5O. The van der Waals surface area contributed by atoms with Crippen LogP contribution in [-0.2, 0) is 13.6 Å². The molecule has 3 rings (SSSR count). The molecule has 1 amide bonds. The average Bonchev–Trinajstić information content (AvgIpc) is 3.09. The monoisotopic (exact) mass is 363 g/mol. The number of carbonyl (C=O) groups is 1. The number of rotatable bonds is 4. The molecule has 0 aliphatic carbocycles. The lowest BCUT2D eigenvalue weighted by molar-refractivity contribution is 0.102. The third-order valence-corrected chi connectivity index (χ3v) is 4.23. The zero-order valence-electron chi connectivity index (χ0n) is 13.1. The van der Waals surface area contributed by atoms with Crippen LogP contribution in [0.1, 0.15) is 21.6 Å². The highest BCUT2D eigenvalue weighted by atomic mass is 35.5. The highest BCUT2D eigenvalue weighted by molar-refractivity contribution is 6.35. The first-order chi connectivity index (χ1) is 11.4. The van der Waals surface area contributed by atoms with Crippen molar-refractivity contribution in [1.29, 1.82) is 0 Å². The lowest BCUT2D eigenvalue weighted by Gasteiger charge is -2.07. The molecule has 3 aromatic rings. The summed E-state index contributed by atoms with van der Waals surface area (Å²) in [7, 11) is 1.77. The maximum absolute atomic E-state index is 12.3. The van der Waals surface area contributed by atoms with Crippen molar-refractivity contribution in [1.82, 2.24) is 19.6 Å². The molecule has 1 aromatic carbocycles. The number of aromatic nitrogens is 4. The first kappa shape index (κ1) is 16.5. The molecule has 24 heavy (non-hydrogen) atoms. The number of hydrogen-bond acceptors (Lipinski definition) is 3. The number of nitrogens with one attached hydrogen (secondary N) is 1. The third-order valence-electron chi connectivity index (χ3n) is 3.52. The Morgan fingerprint density at radius 1 is 1.21 bits per heavy atom. The van der Waals surface area contributed by atoms with Gasteiger partial charge in [0.1, 0.15) is 0 Å². The van der Waals surface area contributed by atoms with Crippen molar-refractivity contribution in [2.75, 3.05) is 5.32 Å². The normalized spacial score (nSPS) is 10.8. The van der Waals surface area contributed by atoms with Gasteiger partial charge in [0, 0.05) is 41.1 Å². The smallest absolute Gasteiger partial charge is 0.260 e. The molecule has 0 saturated heterocycles. The number of amides is 1. The van der Waals surface area contributed by atoms with E-state index in [-0.39, 0.29) is 5.91 Å². The van der Waals surface area contributed by atoms with Crippen LogP contribution in [0.15, 0.2) is 36.7 Å². The van der Waals surface area contributed by atoms with Crippen LogP contribution in [0, 0.1) is 6.92 Å². The second-order valence-electron chi connectivity index (χ2n) is 5.35. The second-order valence-corrected chi connectivity index (χ2v) is 6.17. The minimum atomic E-state index is -0.248. The molecule has 0 radical (unpaired) electrons. The number of anilines is 1. The minimum Gasteiger partial charge on any atom is -0.305 e. The number of nitrogens with zero attached hydrogens (tertiary/aromatic N) is 4. The SMILES string of the molecule is Cc1nn(C)cc1C(=O)Nc1ccn(Cc2c(Cl)cccc2Cl)n1. The van der Waals surface area contributed by atoms with Gasteiger partial charge in [0.15, 0.2) is 5.82 Å². The van der Waals surface area contributed by atoms with Crippen molar-refractivity contribution in [3.8, 4) is 0 Å². The molecule has 2 heterocycles. The molecule has 0 unspecified atom stereocenters.